The summed E-state index contributed by atoms with van der Waals surface area (Å²) in [6, 6.07) is 22.6. The van der Waals surface area contributed by atoms with Crippen molar-refractivity contribution >= 4 is 16.7 Å². The van der Waals surface area contributed by atoms with E-state index in [0.717, 1.165) is 28.6 Å². The van der Waals surface area contributed by atoms with Crippen LogP contribution in [0.25, 0.3) is 10.8 Å². The van der Waals surface area contributed by atoms with Crippen molar-refractivity contribution in [1.29, 1.82) is 0 Å². The smallest absolute Gasteiger partial charge is 0.261 e. The van der Waals surface area contributed by atoms with E-state index in [0.29, 0.717) is 13.0 Å². The largest absolute Gasteiger partial charge is 0.480 e. The number of carbonyl (C=O) groups is 1. The maximum absolute atomic E-state index is 12.8. The maximum atomic E-state index is 12.8. The highest BCUT2D eigenvalue weighted by atomic mass is 16.5. The summed E-state index contributed by atoms with van der Waals surface area (Å²) in [6.07, 6.45) is 4.05. The number of carbonyl (C=O) groups excluding carboxylic acids is 1. The Morgan fingerprint density at radius 2 is 1.71 bits per heavy atom. The van der Waals surface area contributed by atoms with E-state index in [1.54, 1.807) is 0 Å². The number of benzene rings is 3. The van der Waals surface area contributed by atoms with E-state index in [9.17, 15) is 4.79 Å². The highest BCUT2D eigenvalue weighted by Gasteiger charge is 2.19. The summed E-state index contributed by atoms with van der Waals surface area (Å²) in [4.78, 5) is 15.4. The van der Waals surface area contributed by atoms with Gasteiger partial charge in [-0.2, -0.15) is 0 Å². The lowest BCUT2D eigenvalue weighted by Gasteiger charge is -2.26. The number of nitrogens with zero attached hydrogens (tertiary/aromatic N) is 1. The highest BCUT2D eigenvalue weighted by molar-refractivity contribution is 5.89. The lowest BCUT2D eigenvalue weighted by atomic mass is 10.1. The predicted octanol–water partition coefficient (Wildman–Crippen LogP) is 5.30. The number of piperidine rings is 1. The van der Waals surface area contributed by atoms with Crippen molar-refractivity contribution in [3.63, 3.8) is 0 Å². The molecule has 1 aliphatic rings. The Morgan fingerprint density at radius 1 is 0.968 bits per heavy atom. The summed E-state index contributed by atoms with van der Waals surface area (Å²) in [6.45, 7) is 5.86. The van der Waals surface area contributed by atoms with Crippen molar-refractivity contribution in [2.75, 3.05) is 13.1 Å². The number of amides is 1. The van der Waals surface area contributed by atoms with Gasteiger partial charge in [0.1, 0.15) is 5.75 Å². The number of fused-ring (bicyclic) bond motifs is 1. The van der Waals surface area contributed by atoms with Crippen LogP contribution in [-0.4, -0.2) is 30.0 Å². The fourth-order valence-corrected chi connectivity index (χ4v) is 4.29. The average molecular weight is 417 g/mol. The number of hydrogen-bond acceptors (Lipinski definition) is 3. The van der Waals surface area contributed by atoms with Crippen LogP contribution in [0.2, 0.25) is 0 Å². The molecule has 1 aliphatic heterocycles. The number of nitrogens with one attached hydrogen (secondary N) is 1. The number of hydrogen-bond donors (Lipinski definition) is 1. The summed E-state index contributed by atoms with van der Waals surface area (Å²) in [5.41, 5.74) is 2.44. The summed E-state index contributed by atoms with van der Waals surface area (Å²) in [5, 5.41) is 5.21. The van der Waals surface area contributed by atoms with Gasteiger partial charge in [0.25, 0.3) is 5.91 Å². The van der Waals surface area contributed by atoms with Crippen LogP contribution in [0, 0.1) is 0 Å². The molecule has 0 aliphatic carbocycles. The number of rotatable bonds is 8. The lowest BCUT2D eigenvalue weighted by molar-refractivity contribution is -0.128. The van der Waals surface area contributed by atoms with Crippen LogP contribution in [0.15, 0.2) is 66.7 Å². The fraction of sp³-hybridized carbons (Fsp3) is 0.370. The van der Waals surface area contributed by atoms with E-state index >= 15 is 0 Å². The van der Waals surface area contributed by atoms with Gasteiger partial charge in [-0.1, -0.05) is 74.0 Å². The zero-order chi connectivity index (χ0) is 21.5. The van der Waals surface area contributed by atoms with Crippen molar-refractivity contribution in [2.24, 2.45) is 0 Å². The molecule has 4 heteroatoms. The predicted molar refractivity (Wildman–Crippen MR) is 126 cm³/mol. The highest BCUT2D eigenvalue weighted by Crippen LogP contribution is 2.26. The molecule has 0 radical (unpaired) electrons. The van der Waals surface area contributed by atoms with Gasteiger partial charge in [0.05, 0.1) is 0 Å². The zero-order valence-corrected chi connectivity index (χ0v) is 18.3. The number of likely N-dealkylation sites (tertiary alicyclic amines) is 1. The first-order valence-corrected chi connectivity index (χ1v) is 11.5. The van der Waals surface area contributed by atoms with E-state index in [2.05, 4.69) is 46.6 Å². The van der Waals surface area contributed by atoms with Crippen molar-refractivity contribution < 1.29 is 9.53 Å². The van der Waals surface area contributed by atoms with E-state index in [4.69, 9.17) is 4.74 Å². The molecule has 4 nitrogen and oxygen atoms in total. The van der Waals surface area contributed by atoms with Crippen LogP contribution in [0.1, 0.15) is 43.7 Å². The molecule has 1 saturated heterocycles. The van der Waals surface area contributed by atoms with Gasteiger partial charge < -0.3 is 10.1 Å². The summed E-state index contributed by atoms with van der Waals surface area (Å²) >= 11 is 0. The first-order chi connectivity index (χ1) is 15.2. The third-order valence-electron chi connectivity index (χ3n) is 6.00. The Morgan fingerprint density at radius 3 is 2.55 bits per heavy atom. The minimum absolute atomic E-state index is 0.0723. The second kappa shape index (κ2) is 10.5. The van der Waals surface area contributed by atoms with E-state index in [1.807, 2.05) is 37.3 Å². The molecule has 0 spiro atoms. The van der Waals surface area contributed by atoms with Crippen molar-refractivity contribution in [3.8, 4) is 5.75 Å². The average Bonchev–Trinajstić information content (AvgIpc) is 2.82. The molecular formula is C27H32N2O2. The second-order valence-corrected chi connectivity index (χ2v) is 8.37. The van der Waals surface area contributed by atoms with Crippen LogP contribution in [0.5, 0.6) is 5.75 Å². The van der Waals surface area contributed by atoms with Crippen LogP contribution >= 0.6 is 0 Å². The van der Waals surface area contributed by atoms with Crippen molar-refractivity contribution in [1.82, 2.24) is 10.2 Å². The molecule has 0 aromatic heterocycles. The molecular weight excluding hydrogens is 384 g/mol. The van der Waals surface area contributed by atoms with Gasteiger partial charge >= 0.3 is 0 Å². The summed E-state index contributed by atoms with van der Waals surface area (Å²) in [7, 11) is 0. The van der Waals surface area contributed by atoms with E-state index < -0.39 is 6.10 Å². The molecule has 1 heterocycles. The van der Waals surface area contributed by atoms with Gasteiger partial charge in [0, 0.05) is 18.5 Å². The SMILES string of the molecule is CC[C@H](Oc1cccc2ccccc12)C(=O)NCc1cccc(CN2CCCCC2)c1. The molecule has 1 N–H and O–H groups in total. The van der Waals surface area contributed by atoms with Gasteiger partial charge in [-0.05, 0) is 54.9 Å². The minimum Gasteiger partial charge on any atom is -0.480 e. The molecule has 3 aromatic rings. The molecule has 1 fully saturated rings. The molecule has 3 aromatic carbocycles. The van der Waals surface area contributed by atoms with E-state index in [-0.39, 0.29) is 5.91 Å². The van der Waals surface area contributed by atoms with E-state index in [1.165, 1.54) is 37.9 Å². The second-order valence-electron chi connectivity index (χ2n) is 8.37. The normalized spacial score (nSPS) is 15.5. The van der Waals surface area contributed by atoms with Crippen LogP contribution in [0.3, 0.4) is 0 Å². The molecule has 1 amide bonds. The molecule has 162 valence electrons. The van der Waals surface area contributed by atoms with Crippen LogP contribution in [-0.2, 0) is 17.9 Å². The van der Waals surface area contributed by atoms with Gasteiger partial charge in [-0.15, -0.1) is 0 Å². The third kappa shape index (κ3) is 5.65. The van der Waals surface area contributed by atoms with Gasteiger partial charge in [-0.3, -0.25) is 9.69 Å². The van der Waals surface area contributed by atoms with Gasteiger partial charge in [0.2, 0.25) is 0 Å². The maximum Gasteiger partial charge on any atom is 0.261 e. The van der Waals surface area contributed by atoms with Crippen LogP contribution in [0.4, 0.5) is 0 Å². The van der Waals surface area contributed by atoms with Gasteiger partial charge in [0.15, 0.2) is 6.10 Å². The number of ether oxygens (including phenoxy) is 1. The Labute approximate surface area is 185 Å². The Balaban J connectivity index is 1.36. The monoisotopic (exact) mass is 416 g/mol. The van der Waals surface area contributed by atoms with Crippen molar-refractivity contribution in [2.45, 2.75) is 51.8 Å². The first-order valence-electron chi connectivity index (χ1n) is 11.5. The van der Waals surface area contributed by atoms with Crippen LogP contribution < -0.4 is 10.1 Å². The topological polar surface area (TPSA) is 41.6 Å². The fourth-order valence-electron chi connectivity index (χ4n) is 4.29. The standard InChI is InChI=1S/C27H32N2O2/c1-2-25(31-26-15-9-13-23-12-4-5-14-24(23)26)27(30)28-19-21-10-8-11-22(18-21)20-29-16-6-3-7-17-29/h4-5,8-15,18,25H,2-3,6-7,16-17,19-20H2,1H3,(H,28,30)/t25-/m0/s1. The lowest BCUT2D eigenvalue weighted by Crippen LogP contribution is -2.37. The summed E-state index contributed by atoms with van der Waals surface area (Å²) in [5.74, 6) is 0.681. The Kier molecular flexibility index (Phi) is 7.21. The molecule has 1 atom stereocenters. The molecule has 31 heavy (non-hydrogen) atoms. The Hall–Kier alpha value is -2.85. The minimum atomic E-state index is -0.512. The third-order valence-corrected chi connectivity index (χ3v) is 6.00. The molecule has 0 bridgehead atoms. The zero-order valence-electron chi connectivity index (χ0n) is 18.3. The quantitative estimate of drug-likeness (QED) is 0.542. The molecule has 0 saturated carbocycles. The van der Waals surface area contributed by atoms with Crippen molar-refractivity contribution in [3.05, 3.63) is 77.9 Å². The van der Waals surface area contributed by atoms with Gasteiger partial charge in [-0.25, -0.2) is 0 Å². The molecule has 4 rings (SSSR count). The first kappa shape index (κ1) is 21.4. The Bertz CT molecular complexity index is 1010. The molecule has 0 unspecified atom stereocenters. The summed E-state index contributed by atoms with van der Waals surface area (Å²) < 4.78 is 6.13.